The van der Waals surface area contributed by atoms with E-state index in [4.69, 9.17) is 46.4 Å². The normalized spacial score (nSPS) is 24.3. The van der Waals surface area contributed by atoms with Gasteiger partial charge in [-0.2, -0.15) is 0 Å². The highest BCUT2D eigenvalue weighted by molar-refractivity contribution is 6.52. The van der Waals surface area contributed by atoms with Gasteiger partial charge in [0.25, 0.3) is 0 Å². The van der Waals surface area contributed by atoms with Gasteiger partial charge in [0.2, 0.25) is 0 Å². The van der Waals surface area contributed by atoms with Gasteiger partial charge in [0.15, 0.2) is 0 Å². The van der Waals surface area contributed by atoms with Crippen molar-refractivity contribution in [2.75, 3.05) is 0 Å². The van der Waals surface area contributed by atoms with Gasteiger partial charge in [-0.15, -0.1) is 0 Å². The first-order valence-electron chi connectivity index (χ1n) is 6.07. The summed E-state index contributed by atoms with van der Waals surface area (Å²) in [5.74, 6) is 0.258. The molecule has 0 radical (unpaired) electrons. The number of benzene rings is 1. The summed E-state index contributed by atoms with van der Waals surface area (Å²) in [5.41, 5.74) is 2.07. The van der Waals surface area contributed by atoms with Crippen LogP contribution in [0.2, 0.25) is 20.1 Å². The van der Waals surface area contributed by atoms with Crippen molar-refractivity contribution in [3.63, 3.8) is 0 Å². The molecule has 0 fully saturated rings. The molecule has 0 aromatic heterocycles. The molecule has 1 nitrogen and oxygen atoms in total. The zero-order valence-corrected chi connectivity index (χ0v) is 13.8. The largest absolute Gasteiger partial charge is 0.365 e. The maximum absolute atomic E-state index is 6.36. The highest BCUT2D eigenvalue weighted by atomic mass is 35.5. The number of fused-ring (bicyclic) bond motifs is 4. The predicted molar refractivity (Wildman–Crippen MR) is 82.7 cm³/mol. The van der Waals surface area contributed by atoms with E-state index in [-0.39, 0.29) is 17.5 Å². The highest BCUT2D eigenvalue weighted by Gasteiger charge is 2.49. The van der Waals surface area contributed by atoms with E-state index >= 15 is 0 Å². The van der Waals surface area contributed by atoms with E-state index in [1.54, 1.807) is 0 Å². The van der Waals surface area contributed by atoms with E-state index in [1.807, 2.05) is 0 Å². The van der Waals surface area contributed by atoms with Crippen molar-refractivity contribution in [2.45, 2.75) is 38.3 Å². The molecular formula is C14H13Cl4N. The molecule has 0 amide bonds. The molecule has 3 rings (SSSR count). The Hall–Kier alpha value is -0.0800. The minimum atomic E-state index is 0.0233. The number of rotatable bonds is 0. The molecule has 0 saturated carbocycles. The van der Waals surface area contributed by atoms with Crippen LogP contribution >= 0.6 is 46.4 Å². The van der Waals surface area contributed by atoms with Crippen LogP contribution < -0.4 is 0 Å². The summed E-state index contributed by atoms with van der Waals surface area (Å²) in [7, 11) is 0. The van der Waals surface area contributed by atoms with E-state index < -0.39 is 0 Å². The minimum Gasteiger partial charge on any atom is -0.365 e. The zero-order valence-electron chi connectivity index (χ0n) is 10.8. The molecule has 2 aliphatic rings. The van der Waals surface area contributed by atoms with Crippen molar-refractivity contribution < 1.29 is 0 Å². The molecule has 2 atom stereocenters. The van der Waals surface area contributed by atoms with E-state index in [0.29, 0.717) is 20.1 Å². The van der Waals surface area contributed by atoms with Gasteiger partial charge in [0, 0.05) is 17.0 Å². The maximum atomic E-state index is 6.36. The Balaban J connectivity index is 2.17. The third-order valence-corrected chi connectivity index (χ3v) is 5.67. The maximum Gasteiger partial charge on any atom is 0.0797 e. The third-order valence-electron chi connectivity index (χ3n) is 3.84. The Morgan fingerprint density at radius 3 is 1.95 bits per heavy atom. The van der Waals surface area contributed by atoms with Crippen molar-refractivity contribution >= 4 is 46.4 Å². The standard InChI is InChI=1S/C14H13Cl4N/c1-14(2,3)19-5-4-6-7-8(13(6)19)10(16)12(18)11(17)9(7)15/h4-6,13H,1-3H3. The number of hydrogen-bond acceptors (Lipinski definition) is 1. The summed E-state index contributed by atoms with van der Waals surface area (Å²) in [6.07, 6.45) is 4.27. The first-order valence-corrected chi connectivity index (χ1v) is 7.59. The van der Waals surface area contributed by atoms with E-state index in [2.05, 4.69) is 37.9 Å². The summed E-state index contributed by atoms with van der Waals surface area (Å²) >= 11 is 25.0. The van der Waals surface area contributed by atoms with E-state index in [1.165, 1.54) is 0 Å². The first kappa shape index (κ1) is 13.9. The minimum absolute atomic E-state index is 0.0233. The van der Waals surface area contributed by atoms with E-state index in [0.717, 1.165) is 11.1 Å². The van der Waals surface area contributed by atoms with Crippen LogP contribution in [0, 0.1) is 0 Å². The van der Waals surface area contributed by atoms with Gasteiger partial charge in [-0.3, -0.25) is 0 Å². The van der Waals surface area contributed by atoms with Crippen LogP contribution in [-0.2, 0) is 0 Å². The van der Waals surface area contributed by atoms with Gasteiger partial charge in [-0.25, -0.2) is 0 Å². The molecule has 0 N–H and O–H groups in total. The van der Waals surface area contributed by atoms with Gasteiger partial charge in [0.1, 0.15) is 0 Å². The van der Waals surface area contributed by atoms with Gasteiger partial charge in [-0.05, 0) is 32.5 Å². The molecule has 1 heterocycles. The monoisotopic (exact) mass is 335 g/mol. The molecule has 0 saturated heterocycles. The summed E-state index contributed by atoms with van der Waals surface area (Å²) in [6, 6.07) is 0.217. The fraction of sp³-hybridized carbons (Fsp3) is 0.429. The van der Waals surface area contributed by atoms with Crippen molar-refractivity contribution in [3.8, 4) is 0 Å². The lowest BCUT2D eigenvalue weighted by atomic mass is 9.73. The van der Waals surface area contributed by atoms with Crippen LogP contribution in [0.1, 0.15) is 43.9 Å². The van der Waals surface area contributed by atoms with Crippen molar-refractivity contribution in [2.24, 2.45) is 0 Å². The van der Waals surface area contributed by atoms with Crippen LogP contribution in [-0.4, -0.2) is 10.4 Å². The molecule has 0 spiro atoms. The first-order chi connectivity index (χ1) is 8.75. The van der Waals surface area contributed by atoms with Crippen LogP contribution in [0.25, 0.3) is 0 Å². The lowest BCUT2D eigenvalue weighted by Gasteiger charge is -2.47. The Morgan fingerprint density at radius 1 is 0.895 bits per heavy atom. The molecular weight excluding hydrogens is 324 g/mol. The van der Waals surface area contributed by atoms with Crippen molar-refractivity contribution in [3.05, 3.63) is 43.5 Å². The zero-order chi connectivity index (χ0) is 14.1. The highest BCUT2D eigenvalue weighted by Crippen LogP contribution is 2.62. The molecule has 0 bridgehead atoms. The third kappa shape index (κ3) is 1.75. The second-order valence-corrected chi connectivity index (χ2v) is 7.49. The smallest absolute Gasteiger partial charge is 0.0797 e. The number of nitrogens with zero attached hydrogens (tertiary/aromatic N) is 1. The molecule has 1 aromatic rings. The predicted octanol–water partition coefficient (Wildman–Crippen LogP) is 6.07. The van der Waals surface area contributed by atoms with Crippen LogP contribution in [0.15, 0.2) is 12.3 Å². The molecule has 102 valence electrons. The molecule has 1 aliphatic carbocycles. The van der Waals surface area contributed by atoms with Crippen molar-refractivity contribution in [1.82, 2.24) is 4.90 Å². The summed E-state index contributed by atoms with van der Waals surface area (Å²) in [5, 5.41) is 1.78. The second-order valence-electron chi connectivity index (χ2n) is 5.97. The average molecular weight is 337 g/mol. The van der Waals surface area contributed by atoms with Gasteiger partial charge in [0.05, 0.1) is 26.1 Å². The number of halogens is 4. The fourth-order valence-corrected chi connectivity index (χ4v) is 4.07. The van der Waals surface area contributed by atoms with Gasteiger partial charge < -0.3 is 4.90 Å². The lowest BCUT2D eigenvalue weighted by molar-refractivity contribution is 0.137. The SMILES string of the molecule is CC(C)(C)N1C=CC2c3c(Cl)c(Cl)c(Cl)c(Cl)c3C21. The van der Waals surface area contributed by atoms with Gasteiger partial charge in [-0.1, -0.05) is 52.5 Å². The molecule has 2 unspecified atom stereocenters. The molecule has 19 heavy (non-hydrogen) atoms. The molecule has 1 aromatic carbocycles. The Kier molecular flexibility index (Phi) is 3.07. The Labute approximate surface area is 133 Å². The molecule has 5 heteroatoms. The van der Waals surface area contributed by atoms with Gasteiger partial charge >= 0.3 is 0 Å². The second kappa shape index (κ2) is 4.21. The Bertz CT molecular complexity index is 601. The topological polar surface area (TPSA) is 3.24 Å². The lowest BCUT2D eigenvalue weighted by Crippen LogP contribution is -2.43. The van der Waals surface area contributed by atoms with Crippen molar-refractivity contribution in [1.29, 1.82) is 0 Å². The summed E-state index contributed by atoms with van der Waals surface area (Å²) < 4.78 is 0. The Morgan fingerprint density at radius 2 is 1.42 bits per heavy atom. The van der Waals surface area contributed by atoms with Crippen LogP contribution in [0.3, 0.4) is 0 Å². The van der Waals surface area contributed by atoms with E-state index in [9.17, 15) is 0 Å². The molecule has 1 aliphatic heterocycles. The summed E-state index contributed by atoms with van der Waals surface area (Å²) in [4.78, 5) is 2.30. The van der Waals surface area contributed by atoms with Crippen LogP contribution in [0.4, 0.5) is 0 Å². The average Bonchev–Trinajstić information content (AvgIpc) is 2.65. The fourth-order valence-electron chi connectivity index (χ4n) is 2.95. The summed E-state index contributed by atoms with van der Waals surface area (Å²) in [6.45, 7) is 6.51. The van der Waals surface area contributed by atoms with Crippen LogP contribution in [0.5, 0.6) is 0 Å². The quantitative estimate of drug-likeness (QED) is 0.410. The number of hydrogen-bond donors (Lipinski definition) is 0.